The van der Waals surface area contributed by atoms with Crippen molar-refractivity contribution in [3.05, 3.63) is 110 Å². The van der Waals surface area contributed by atoms with Crippen LogP contribution < -0.4 is 10.1 Å². The van der Waals surface area contributed by atoms with Crippen LogP contribution in [0.4, 0.5) is 5.82 Å². The van der Waals surface area contributed by atoms with Gasteiger partial charge in [0.25, 0.3) is 5.91 Å². The van der Waals surface area contributed by atoms with Crippen LogP contribution >= 0.6 is 43.5 Å². The molecule has 8 heteroatoms. The predicted molar refractivity (Wildman–Crippen MR) is 133 cm³/mol. The Morgan fingerprint density at radius 2 is 1.75 bits per heavy atom. The molecule has 1 N–H and O–H groups in total. The fourth-order valence-electron chi connectivity index (χ4n) is 3.02. The summed E-state index contributed by atoms with van der Waals surface area (Å²) in [4.78, 5) is 12.8. The molecule has 1 aromatic heterocycles. The van der Waals surface area contributed by atoms with Crippen LogP contribution in [0.3, 0.4) is 0 Å². The molecule has 0 aliphatic carbocycles. The summed E-state index contributed by atoms with van der Waals surface area (Å²) >= 11 is 12.8. The van der Waals surface area contributed by atoms with E-state index >= 15 is 0 Å². The van der Waals surface area contributed by atoms with E-state index in [0.717, 1.165) is 21.3 Å². The number of hydrogen-bond acceptors (Lipinski definition) is 3. The summed E-state index contributed by atoms with van der Waals surface area (Å²) in [6, 6.07) is 22.5. The number of nitrogens with one attached hydrogen (secondary N) is 1. The first kappa shape index (κ1) is 22.6. The van der Waals surface area contributed by atoms with Gasteiger partial charge in [-0.2, -0.15) is 5.10 Å². The highest BCUT2D eigenvalue weighted by Crippen LogP contribution is 2.22. The van der Waals surface area contributed by atoms with E-state index in [4.69, 9.17) is 16.3 Å². The lowest BCUT2D eigenvalue weighted by Crippen LogP contribution is -2.13. The average Bonchev–Trinajstić information content (AvgIpc) is 3.13. The van der Waals surface area contributed by atoms with Gasteiger partial charge < -0.3 is 10.1 Å². The van der Waals surface area contributed by atoms with Gasteiger partial charge in [-0.05, 0) is 75.6 Å². The highest BCUT2D eigenvalue weighted by molar-refractivity contribution is 9.10. The number of amides is 1. The van der Waals surface area contributed by atoms with E-state index in [0.29, 0.717) is 34.0 Å². The van der Waals surface area contributed by atoms with Crippen LogP contribution in [0, 0.1) is 0 Å². The maximum Gasteiger partial charge on any atom is 0.256 e. The topological polar surface area (TPSA) is 56.2 Å². The molecular weight excluding hydrogens is 558 g/mol. The lowest BCUT2D eigenvalue weighted by Gasteiger charge is -2.08. The molecule has 0 saturated heterocycles. The highest BCUT2D eigenvalue weighted by atomic mass is 79.9. The van der Waals surface area contributed by atoms with E-state index in [1.807, 2.05) is 72.9 Å². The highest BCUT2D eigenvalue weighted by Gasteiger charge is 2.13. The first-order valence-corrected chi connectivity index (χ1v) is 11.7. The number of benzene rings is 3. The van der Waals surface area contributed by atoms with Gasteiger partial charge in [0.15, 0.2) is 5.82 Å². The summed E-state index contributed by atoms with van der Waals surface area (Å²) in [5.74, 6) is 0.978. The zero-order chi connectivity index (χ0) is 22.5. The summed E-state index contributed by atoms with van der Waals surface area (Å²) in [6.07, 6.45) is 1.83. The minimum absolute atomic E-state index is 0.243. The van der Waals surface area contributed by atoms with Gasteiger partial charge in [-0.25, -0.2) is 0 Å². The van der Waals surface area contributed by atoms with Gasteiger partial charge in [0.2, 0.25) is 0 Å². The molecule has 3 aromatic carbocycles. The molecule has 0 atom stereocenters. The number of halogens is 3. The van der Waals surface area contributed by atoms with E-state index in [1.54, 1.807) is 10.7 Å². The number of carbonyl (C=O) groups excluding carboxylic acids is 1. The van der Waals surface area contributed by atoms with Crippen LogP contribution in [0.5, 0.6) is 5.75 Å². The molecule has 4 aromatic rings. The Kier molecular flexibility index (Phi) is 7.29. The SMILES string of the molecule is O=C(Nc1nn(Cc2ccc(Cl)cc2)cc1Br)c1cccc(COc2ccc(Br)cc2)c1. The van der Waals surface area contributed by atoms with Crippen LogP contribution in [0.15, 0.2) is 87.9 Å². The number of nitrogens with zero attached hydrogens (tertiary/aromatic N) is 2. The van der Waals surface area contributed by atoms with Gasteiger partial charge in [-0.1, -0.05) is 51.8 Å². The van der Waals surface area contributed by atoms with Crippen molar-refractivity contribution in [1.82, 2.24) is 9.78 Å². The van der Waals surface area contributed by atoms with Crippen LogP contribution in [0.25, 0.3) is 0 Å². The molecule has 1 amide bonds. The van der Waals surface area contributed by atoms with Gasteiger partial charge in [0.05, 0.1) is 11.0 Å². The minimum Gasteiger partial charge on any atom is -0.489 e. The van der Waals surface area contributed by atoms with Gasteiger partial charge in [0.1, 0.15) is 12.4 Å². The van der Waals surface area contributed by atoms with Crippen molar-refractivity contribution in [2.45, 2.75) is 13.2 Å². The molecule has 0 fully saturated rings. The molecule has 4 rings (SSSR count). The summed E-state index contributed by atoms with van der Waals surface area (Å²) in [7, 11) is 0. The minimum atomic E-state index is -0.243. The third kappa shape index (κ3) is 6.00. The zero-order valence-corrected chi connectivity index (χ0v) is 20.7. The largest absolute Gasteiger partial charge is 0.489 e. The van der Waals surface area contributed by atoms with Crippen LogP contribution in [0.1, 0.15) is 21.5 Å². The van der Waals surface area contributed by atoms with Gasteiger partial charge >= 0.3 is 0 Å². The van der Waals surface area contributed by atoms with Crippen LogP contribution in [-0.4, -0.2) is 15.7 Å². The Morgan fingerprint density at radius 1 is 1.00 bits per heavy atom. The maximum atomic E-state index is 12.8. The van der Waals surface area contributed by atoms with E-state index in [-0.39, 0.29) is 5.91 Å². The molecule has 0 aliphatic heterocycles. The Balaban J connectivity index is 1.40. The molecule has 0 aliphatic rings. The second-order valence-corrected chi connectivity index (χ2v) is 9.25. The Labute approximate surface area is 207 Å². The van der Waals surface area contributed by atoms with Crippen LogP contribution in [-0.2, 0) is 13.2 Å². The second-order valence-electron chi connectivity index (χ2n) is 7.05. The number of ether oxygens (including phenoxy) is 1. The normalized spacial score (nSPS) is 10.7. The Morgan fingerprint density at radius 3 is 2.50 bits per heavy atom. The molecule has 0 unspecified atom stereocenters. The van der Waals surface area contributed by atoms with Crippen molar-refractivity contribution < 1.29 is 9.53 Å². The average molecular weight is 576 g/mol. The van der Waals surface area contributed by atoms with Gasteiger partial charge in [-0.15, -0.1) is 0 Å². The van der Waals surface area contributed by atoms with Crippen molar-refractivity contribution in [3.8, 4) is 5.75 Å². The molecule has 32 heavy (non-hydrogen) atoms. The molecule has 1 heterocycles. The smallest absolute Gasteiger partial charge is 0.256 e. The van der Waals surface area contributed by atoms with Crippen molar-refractivity contribution in [3.63, 3.8) is 0 Å². The van der Waals surface area contributed by atoms with Gasteiger partial charge in [0, 0.05) is 21.3 Å². The zero-order valence-electron chi connectivity index (χ0n) is 16.8. The Bertz CT molecular complexity index is 1220. The Hall–Kier alpha value is -2.61. The fraction of sp³-hybridized carbons (Fsp3) is 0.0833. The van der Waals surface area contributed by atoms with Crippen molar-refractivity contribution in [2.75, 3.05) is 5.32 Å². The number of carbonyl (C=O) groups is 1. The molecule has 0 saturated carbocycles. The number of aromatic nitrogens is 2. The van der Waals surface area contributed by atoms with Crippen molar-refractivity contribution >= 4 is 55.2 Å². The van der Waals surface area contributed by atoms with Gasteiger partial charge in [-0.3, -0.25) is 9.48 Å². The summed E-state index contributed by atoms with van der Waals surface area (Å²) < 4.78 is 9.25. The molecular formula is C24H18Br2ClN3O2. The number of rotatable bonds is 7. The lowest BCUT2D eigenvalue weighted by atomic mass is 10.1. The molecule has 0 spiro atoms. The third-order valence-electron chi connectivity index (χ3n) is 4.62. The van der Waals surface area contributed by atoms with E-state index in [9.17, 15) is 4.79 Å². The van der Waals surface area contributed by atoms with E-state index < -0.39 is 0 Å². The van der Waals surface area contributed by atoms with E-state index in [1.165, 1.54) is 0 Å². The standard InChI is InChI=1S/C24H18Br2ClN3O2/c25-19-6-10-21(11-7-19)32-15-17-2-1-3-18(12-17)24(31)28-23-22(26)14-30(29-23)13-16-4-8-20(27)9-5-16/h1-12,14H,13,15H2,(H,28,29,31). The molecule has 162 valence electrons. The monoisotopic (exact) mass is 573 g/mol. The first-order valence-electron chi connectivity index (χ1n) is 9.72. The fourth-order valence-corrected chi connectivity index (χ4v) is 3.82. The molecule has 0 bridgehead atoms. The summed E-state index contributed by atoms with van der Waals surface area (Å²) in [5, 5.41) is 8.03. The quantitative estimate of drug-likeness (QED) is 0.260. The van der Waals surface area contributed by atoms with Crippen molar-refractivity contribution in [2.24, 2.45) is 0 Å². The maximum absolute atomic E-state index is 12.8. The van der Waals surface area contributed by atoms with E-state index in [2.05, 4.69) is 42.3 Å². The lowest BCUT2D eigenvalue weighted by molar-refractivity contribution is 0.102. The second kappa shape index (κ2) is 10.3. The summed E-state index contributed by atoms with van der Waals surface area (Å²) in [6.45, 7) is 0.927. The molecule has 5 nitrogen and oxygen atoms in total. The van der Waals surface area contributed by atoms with Crippen LogP contribution in [0.2, 0.25) is 5.02 Å². The van der Waals surface area contributed by atoms with Crippen molar-refractivity contribution in [1.29, 1.82) is 0 Å². The summed E-state index contributed by atoms with van der Waals surface area (Å²) in [5.41, 5.74) is 2.48. The molecule has 0 radical (unpaired) electrons. The first-order chi connectivity index (χ1) is 15.5. The predicted octanol–water partition coefficient (Wildman–Crippen LogP) is 6.94. The third-order valence-corrected chi connectivity index (χ3v) is 5.98. The number of hydrogen-bond donors (Lipinski definition) is 1. The number of anilines is 1.